The van der Waals surface area contributed by atoms with Crippen molar-refractivity contribution in [3.05, 3.63) is 28.8 Å². The zero-order valence-electron chi connectivity index (χ0n) is 16.2. The Hall–Kier alpha value is -1.30. The number of nitrogens with one attached hydrogen (secondary N) is 1. The highest BCUT2D eigenvalue weighted by atomic mass is 35.5. The highest BCUT2D eigenvalue weighted by Gasteiger charge is 2.30. The van der Waals surface area contributed by atoms with E-state index < -0.39 is 0 Å². The number of amides is 2. The number of piperazine rings is 1. The van der Waals surface area contributed by atoms with Gasteiger partial charge in [-0.2, -0.15) is 0 Å². The Morgan fingerprint density at radius 2 is 1.81 bits per heavy atom. The third-order valence-electron chi connectivity index (χ3n) is 5.99. The van der Waals surface area contributed by atoms with Gasteiger partial charge in [-0.1, -0.05) is 17.7 Å². The number of aryl methyl sites for hydroxylation is 1. The molecule has 2 aliphatic rings. The van der Waals surface area contributed by atoms with Crippen molar-refractivity contribution in [1.29, 1.82) is 0 Å². The highest BCUT2D eigenvalue weighted by molar-refractivity contribution is 6.33. The molecule has 1 N–H and O–H groups in total. The molecule has 1 aromatic rings. The Morgan fingerprint density at radius 1 is 1.15 bits per heavy atom. The smallest absolute Gasteiger partial charge is 0.321 e. The van der Waals surface area contributed by atoms with Gasteiger partial charge in [0.1, 0.15) is 0 Å². The first-order valence-electron chi connectivity index (χ1n) is 9.68. The molecular weight excluding hydrogens is 348 g/mol. The Labute approximate surface area is 162 Å². The Kier molecular flexibility index (Phi) is 6.43. The van der Waals surface area contributed by atoms with Gasteiger partial charge in [0.25, 0.3) is 0 Å². The van der Waals surface area contributed by atoms with Crippen molar-refractivity contribution in [3.8, 4) is 0 Å². The summed E-state index contributed by atoms with van der Waals surface area (Å²) in [6.07, 6.45) is 2.14. The van der Waals surface area contributed by atoms with Crippen molar-refractivity contribution < 1.29 is 4.79 Å². The summed E-state index contributed by atoms with van der Waals surface area (Å²) in [4.78, 5) is 19.5. The molecule has 6 heteroatoms. The number of rotatable bonds is 3. The largest absolute Gasteiger partial charge is 0.325 e. The first-order valence-corrected chi connectivity index (χ1v) is 10.1. The van der Waals surface area contributed by atoms with E-state index in [1.165, 1.54) is 0 Å². The van der Waals surface area contributed by atoms with Crippen LogP contribution in [0, 0.1) is 12.8 Å². The molecule has 1 atom stereocenters. The van der Waals surface area contributed by atoms with Crippen molar-refractivity contribution in [2.75, 3.05) is 51.6 Å². The van der Waals surface area contributed by atoms with Gasteiger partial charge in [-0.3, -0.25) is 4.90 Å². The van der Waals surface area contributed by atoms with Crippen LogP contribution >= 0.6 is 11.6 Å². The number of carbonyl (C=O) groups is 1. The summed E-state index contributed by atoms with van der Waals surface area (Å²) in [5.74, 6) is 0.671. The predicted octanol–water partition coefficient (Wildman–Crippen LogP) is 3.53. The molecule has 0 aromatic heterocycles. The zero-order chi connectivity index (χ0) is 18.7. The summed E-state index contributed by atoms with van der Waals surface area (Å²) >= 11 is 6.20. The second-order valence-corrected chi connectivity index (χ2v) is 8.22. The normalized spacial score (nSPS) is 21.6. The molecule has 5 nitrogen and oxygen atoms in total. The molecule has 0 aliphatic carbocycles. The van der Waals surface area contributed by atoms with Gasteiger partial charge in [0.2, 0.25) is 0 Å². The maximum atomic E-state index is 12.6. The molecule has 2 fully saturated rings. The van der Waals surface area contributed by atoms with Crippen molar-refractivity contribution in [2.45, 2.75) is 32.7 Å². The van der Waals surface area contributed by atoms with Crippen molar-refractivity contribution in [1.82, 2.24) is 14.7 Å². The van der Waals surface area contributed by atoms with E-state index in [1.54, 1.807) is 0 Å². The lowest BCUT2D eigenvalue weighted by Crippen LogP contribution is -2.52. The Morgan fingerprint density at radius 3 is 2.46 bits per heavy atom. The quantitative estimate of drug-likeness (QED) is 0.874. The minimum atomic E-state index is -0.0387. The lowest BCUT2D eigenvalue weighted by Gasteiger charge is -2.42. The fourth-order valence-corrected chi connectivity index (χ4v) is 4.21. The second kappa shape index (κ2) is 8.59. The van der Waals surface area contributed by atoms with E-state index in [0.717, 1.165) is 57.7 Å². The maximum absolute atomic E-state index is 12.6. The summed E-state index contributed by atoms with van der Waals surface area (Å²) < 4.78 is 0. The van der Waals surface area contributed by atoms with E-state index in [2.05, 4.69) is 29.1 Å². The molecule has 0 spiro atoms. The zero-order valence-corrected chi connectivity index (χ0v) is 16.9. The van der Waals surface area contributed by atoms with E-state index >= 15 is 0 Å². The Balaban J connectivity index is 1.50. The number of urea groups is 1. The van der Waals surface area contributed by atoms with Crippen LogP contribution in [0.5, 0.6) is 0 Å². The third kappa shape index (κ3) is 4.70. The van der Waals surface area contributed by atoms with Gasteiger partial charge in [-0.05, 0) is 57.4 Å². The van der Waals surface area contributed by atoms with Crippen LogP contribution in [0.25, 0.3) is 0 Å². The van der Waals surface area contributed by atoms with Gasteiger partial charge < -0.3 is 15.1 Å². The minimum Gasteiger partial charge on any atom is -0.325 e. The second-order valence-electron chi connectivity index (χ2n) is 7.82. The summed E-state index contributed by atoms with van der Waals surface area (Å²) in [7, 11) is 2.19. The standard InChI is InChI=1S/C20H31ClN4O/c1-15-4-5-18(21)19(14-15)22-20(26)25-8-6-17(7-9-25)16(2)24-12-10-23(3)11-13-24/h4-5,14,16-17H,6-13H2,1-3H3,(H,22,26)/t16-/m1/s1. The van der Waals surface area contributed by atoms with E-state index in [-0.39, 0.29) is 6.03 Å². The topological polar surface area (TPSA) is 38.8 Å². The summed E-state index contributed by atoms with van der Waals surface area (Å²) in [6.45, 7) is 10.6. The first kappa shape index (κ1) is 19.5. The molecule has 1 aromatic carbocycles. The molecule has 3 rings (SSSR count). The number of halogens is 1. The molecule has 2 saturated heterocycles. The molecule has 2 heterocycles. The van der Waals surface area contributed by atoms with Crippen molar-refractivity contribution in [3.63, 3.8) is 0 Å². The number of likely N-dealkylation sites (tertiary alicyclic amines) is 1. The average molecular weight is 379 g/mol. The maximum Gasteiger partial charge on any atom is 0.321 e. The number of piperidine rings is 1. The molecule has 144 valence electrons. The first-order chi connectivity index (χ1) is 12.4. The number of carbonyl (C=O) groups excluding carboxylic acids is 1. The van der Waals surface area contributed by atoms with E-state index in [4.69, 9.17) is 11.6 Å². The van der Waals surface area contributed by atoms with Crippen LogP contribution in [-0.2, 0) is 0 Å². The van der Waals surface area contributed by atoms with Crippen LogP contribution in [0.2, 0.25) is 5.02 Å². The van der Waals surface area contributed by atoms with Crippen molar-refractivity contribution >= 4 is 23.3 Å². The SMILES string of the molecule is Cc1ccc(Cl)c(NC(=O)N2CCC([C@@H](C)N3CCN(C)CC3)CC2)c1. The molecule has 2 aliphatic heterocycles. The van der Waals surface area contributed by atoms with E-state index in [0.29, 0.717) is 22.7 Å². The van der Waals surface area contributed by atoms with Gasteiger partial charge in [-0.25, -0.2) is 4.79 Å². The van der Waals surface area contributed by atoms with Gasteiger partial charge in [0, 0.05) is 45.3 Å². The van der Waals surface area contributed by atoms with Crippen LogP contribution in [0.4, 0.5) is 10.5 Å². The van der Waals surface area contributed by atoms with E-state index in [1.807, 2.05) is 30.0 Å². The molecule has 0 unspecified atom stereocenters. The van der Waals surface area contributed by atoms with Gasteiger partial charge >= 0.3 is 6.03 Å². The number of benzene rings is 1. The predicted molar refractivity (Wildman–Crippen MR) is 108 cm³/mol. The fraction of sp³-hybridized carbons (Fsp3) is 0.650. The Bertz CT molecular complexity index is 622. The number of hydrogen-bond donors (Lipinski definition) is 1. The van der Waals surface area contributed by atoms with Crippen molar-refractivity contribution in [2.24, 2.45) is 5.92 Å². The molecule has 0 bridgehead atoms. The van der Waals surface area contributed by atoms with Crippen LogP contribution in [0.15, 0.2) is 18.2 Å². The van der Waals surface area contributed by atoms with Crippen LogP contribution in [0.1, 0.15) is 25.3 Å². The molecule has 0 saturated carbocycles. The molecule has 26 heavy (non-hydrogen) atoms. The van der Waals surface area contributed by atoms with Gasteiger partial charge in [0.05, 0.1) is 10.7 Å². The lowest BCUT2D eigenvalue weighted by atomic mass is 9.89. The number of nitrogens with zero attached hydrogens (tertiary/aromatic N) is 3. The molecule has 0 radical (unpaired) electrons. The average Bonchev–Trinajstić information content (AvgIpc) is 2.65. The lowest BCUT2D eigenvalue weighted by molar-refractivity contribution is 0.0676. The molecule has 2 amide bonds. The number of anilines is 1. The third-order valence-corrected chi connectivity index (χ3v) is 6.32. The fourth-order valence-electron chi connectivity index (χ4n) is 4.04. The number of likely N-dealkylation sites (N-methyl/N-ethyl adjacent to an activating group) is 1. The summed E-state index contributed by atoms with van der Waals surface area (Å²) in [5.41, 5.74) is 1.79. The minimum absolute atomic E-state index is 0.0387. The molecular formula is C20H31ClN4O. The van der Waals surface area contributed by atoms with E-state index in [9.17, 15) is 4.79 Å². The summed E-state index contributed by atoms with van der Waals surface area (Å²) in [6, 6.07) is 6.26. The summed E-state index contributed by atoms with van der Waals surface area (Å²) in [5, 5.41) is 3.56. The van der Waals surface area contributed by atoms with Crippen LogP contribution in [-0.4, -0.2) is 73.1 Å². The highest BCUT2D eigenvalue weighted by Crippen LogP contribution is 2.27. The van der Waals surface area contributed by atoms with Gasteiger partial charge in [0.15, 0.2) is 0 Å². The van der Waals surface area contributed by atoms with Crippen LogP contribution in [0.3, 0.4) is 0 Å². The monoisotopic (exact) mass is 378 g/mol. The van der Waals surface area contributed by atoms with Gasteiger partial charge in [-0.15, -0.1) is 0 Å². The van der Waals surface area contributed by atoms with Crippen LogP contribution < -0.4 is 5.32 Å². The number of hydrogen-bond acceptors (Lipinski definition) is 3.